The predicted molar refractivity (Wildman–Crippen MR) is 71.3 cm³/mol. The highest BCUT2D eigenvalue weighted by Gasteiger charge is 2.30. The highest BCUT2D eigenvalue weighted by Crippen LogP contribution is 2.23. The average Bonchev–Trinajstić information content (AvgIpc) is 2.33. The van der Waals surface area contributed by atoms with Crippen molar-refractivity contribution < 1.29 is 4.74 Å². The minimum Gasteiger partial charge on any atom is -0.384 e. The second-order valence-electron chi connectivity index (χ2n) is 6.12. The van der Waals surface area contributed by atoms with E-state index in [1.807, 2.05) is 7.11 Å². The van der Waals surface area contributed by atoms with E-state index >= 15 is 0 Å². The van der Waals surface area contributed by atoms with Gasteiger partial charge < -0.3 is 15.0 Å². The summed E-state index contributed by atoms with van der Waals surface area (Å²) in [6.45, 7) is 8.29. The summed E-state index contributed by atoms with van der Waals surface area (Å²) >= 11 is 0. The van der Waals surface area contributed by atoms with Gasteiger partial charge in [0, 0.05) is 25.8 Å². The highest BCUT2D eigenvalue weighted by atomic mass is 16.5. The minimum atomic E-state index is 0.367. The van der Waals surface area contributed by atoms with Gasteiger partial charge in [0.1, 0.15) is 0 Å². The molecule has 17 heavy (non-hydrogen) atoms. The van der Waals surface area contributed by atoms with Crippen molar-refractivity contribution in [1.29, 1.82) is 0 Å². The molecule has 0 bridgehead atoms. The number of nitrogens with one attached hydrogen (secondary N) is 1. The summed E-state index contributed by atoms with van der Waals surface area (Å²) in [6.07, 6.45) is 6.70. The fourth-order valence-electron chi connectivity index (χ4n) is 3.29. The second kappa shape index (κ2) is 6.17. The normalized spacial score (nSPS) is 32.8. The molecule has 0 aromatic heterocycles. The zero-order valence-corrected chi connectivity index (χ0v) is 11.5. The number of piperidine rings is 2. The minimum absolute atomic E-state index is 0.367. The number of hydrogen-bond acceptors (Lipinski definition) is 3. The lowest BCUT2D eigenvalue weighted by Gasteiger charge is -2.41. The molecular formula is C14H28N2O. The number of likely N-dealkylation sites (tertiary alicyclic amines) is 1. The maximum absolute atomic E-state index is 5.26. The van der Waals surface area contributed by atoms with Gasteiger partial charge in [-0.2, -0.15) is 0 Å². The molecule has 2 fully saturated rings. The van der Waals surface area contributed by atoms with Gasteiger partial charge in [-0.1, -0.05) is 6.42 Å². The summed E-state index contributed by atoms with van der Waals surface area (Å²) in [5.74, 6) is 0.795. The molecule has 3 heteroatoms. The van der Waals surface area contributed by atoms with Crippen LogP contribution in [0.5, 0.6) is 0 Å². The van der Waals surface area contributed by atoms with E-state index in [1.165, 1.54) is 58.3 Å². The zero-order chi connectivity index (χ0) is 12.1. The molecule has 2 aliphatic rings. The molecule has 0 spiro atoms. The van der Waals surface area contributed by atoms with Crippen molar-refractivity contribution in [2.75, 3.05) is 39.9 Å². The van der Waals surface area contributed by atoms with Gasteiger partial charge in [0.25, 0.3) is 0 Å². The van der Waals surface area contributed by atoms with Gasteiger partial charge in [0.2, 0.25) is 0 Å². The van der Waals surface area contributed by atoms with Crippen LogP contribution in [0.15, 0.2) is 0 Å². The first-order chi connectivity index (χ1) is 8.22. The van der Waals surface area contributed by atoms with E-state index < -0.39 is 0 Å². The third-order valence-electron chi connectivity index (χ3n) is 4.39. The second-order valence-corrected chi connectivity index (χ2v) is 6.12. The smallest absolute Gasteiger partial charge is 0.0491 e. The van der Waals surface area contributed by atoms with E-state index in [-0.39, 0.29) is 0 Å². The molecule has 0 aromatic rings. The predicted octanol–water partition coefficient (Wildman–Crippen LogP) is 1.88. The van der Waals surface area contributed by atoms with Gasteiger partial charge in [-0.05, 0) is 58.2 Å². The van der Waals surface area contributed by atoms with Gasteiger partial charge in [-0.25, -0.2) is 0 Å². The number of ether oxygens (including phenoxy) is 1. The fraction of sp³-hybridized carbons (Fsp3) is 1.00. The SMILES string of the molecule is COCC1CCN(CC2(C)CCCCN2)CC1. The monoisotopic (exact) mass is 240 g/mol. The first-order valence-corrected chi connectivity index (χ1v) is 7.18. The van der Waals surface area contributed by atoms with Crippen molar-refractivity contribution in [2.24, 2.45) is 5.92 Å². The maximum Gasteiger partial charge on any atom is 0.0491 e. The lowest BCUT2D eigenvalue weighted by molar-refractivity contribution is 0.0807. The van der Waals surface area contributed by atoms with E-state index in [9.17, 15) is 0 Å². The van der Waals surface area contributed by atoms with Crippen LogP contribution in [-0.2, 0) is 4.74 Å². The molecule has 2 aliphatic heterocycles. The molecule has 0 amide bonds. The Bertz CT molecular complexity index is 218. The van der Waals surface area contributed by atoms with Crippen LogP contribution >= 0.6 is 0 Å². The molecule has 2 rings (SSSR count). The lowest BCUT2D eigenvalue weighted by atomic mass is 9.89. The van der Waals surface area contributed by atoms with Crippen LogP contribution in [0.1, 0.15) is 39.0 Å². The molecule has 1 atom stereocenters. The molecule has 0 radical (unpaired) electrons. The molecule has 0 aromatic carbocycles. The van der Waals surface area contributed by atoms with Crippen LogP contribution in [0.25, 0.3) is 0 Å². The van der Waals surface area contributed by atoms with Crippen molar-refractivity contribution >= 4 is 0 Å². The highest BCUT2D eigenvalue weighted by molar-refractivity contribution is 4.90. The van der Waals surface area contributed by atoms with Gasteiger partial charge in [-0.15, -0.1) is 0 Å². The summed E-state index contributed by atoms with van der Waals surface area (Å²) in [7, 11) is 1.82. The average molecular weight is 240 g/mol. The Kier molecular flexibility index (Phi) is 4.83. The summed E-state index contributed by atoms with van der Waals surface area (Å²) in [5.41, 5.74) is 0.367. The number of rotatable bonds is 4. The zero-order valence-electron chi connectivity index (χ0n) is 11.5. The quantitative estimate of drug-likeness (QED) is 0.812. The molecule has 2 saturated heterocycles. The van der Waals surface area contributed by atoms with Crippen molar-refractivity contribution in [1.82, 2.24) is 10.2 Å². The Hall–Kier alpha value is -0.120. The van der Waals surface area contributed by atoms with E-state index in [0.717, 1.165) is 12.5 Å². The molecule has 1 unspecified atom stereocenters. The van der Waals surface area contributed by atoms with Crippen LogP contribution in [0, 0.1) is 5.92 Å². The largest absolute Gasteiger partial charge is 0.384 e. The number of methoxy groups -OCH3 is 1. The Morgan fingerprint density at radius 1 is 1.29 bits per heavy atom. The van der Waals surface area contributed by atoms with Gasteiger partial charge in [0.05, 0.1) is 0 Å². The van der Waals surface area contributed by atoms with Gasteiger partial charge in [-0.3, -0.25) is 0 Å². The third kappa shape index (κ3) is 3.94. The summed E-state index contributed by atoms with van der Waals surface area (Å²) in [4.78, 5) is 2.64. The Balaban J connectivity index is 1.73. The Morgan fingerprint density at radius 2 is 2.06 bits per heavy atom. The van der Waals surface area contributed by atoms with Crippen LogP contribution in [-0.4, -0.2) is 50.3 Å². The summed E-state index contributed by atoms with van der Waals surface area (Å²) < 4.78 is 5.26. The van der Waals surface area contributed by atoms with Gasteiger partial charge >= 0.3 is 0 Å². The van der Waals surface area contributed by atoms with Crippen molar-refractivity contribution in [3.05, 3.63) is 0 Å². The molecule has 2 heterocycles. The van der Waals surface area contributed by atoms with E-state index in [1.54, 1.807) is 0 Å². The van der Waals surface area contributed by atoms with E-state index in [2.05, 4.69) is 17.1 Å². The third-order valence-corrected chi connectivity index (χ3v) is 4.39. The number of nitrogens with zero attached hydrogens (tertiary/aromatic N) is 1. The topological polar surface area (TPSA) is 24.5 Å². The molecule has 100 valence electrons. The summed E-state index contributed by atoms with van der Waals surface area (Å²) in [5, 5.41) is 3.71. The number of hydrogen-bond donors (Lipinski definition) is 1. The first-order valence-electron chi connectivity index (χ1n) is 7.18. The summed E-state index contributed by atoms with van der Waals surface area (Å²) in [6, 6.07) is 0. The molecule has 0 saturated carbocycles. The standard InChI is InChI=1S/C14H28N2O/c1-14(7-3-4-8-15-14)12-16-9-5-13(6-10-16)11-17-2/h13,15H,3-12H2,1-2H3. The van der Waals surface area contributed by atoms with Crippen molar-refractivity contribution in [3.8, 4) is 0 Å². The molecule has 0 aliphatic carbocycles. The fourth-order valence-corrected chi connectivity index (χ4v) is 3.29. The van der Waals surface area contributed by atoms with Crippen LogP contribution in [0.3, 0.4) is 0 Å². The lowest BCUT2D eigenvalue weighted by Crippen LogP contribution is -2.54. The Morgan fingerprint density at radius 3 is 2.65 bits per heavy atom. The molecule has 3 nitrogen and oxygen atoms in total. The van der Waals surface area contributed by atoms with Crippen LogP contribution in [0.4, 0.5) is 0 Å². The first kappa shape index (κ1) is 13.3. The van der Waals surface area contributed by atoms with Crippen molar-refractivity contribution in [2.45, 2.75) is 44.6 Å². The molecule has 1 N–H and O–H groups in total. The molecular weight excluding hydrogens is 212 g/mol. The maximum atomic E-state index is 5.26. The van der Waals surface area contributed by atoms with Crippen LogP contribution in [0.2, 0.25) is 0 Å². The van der Waals surface area contributed by atoms with Crippen molar-refractivity contribution in [3.63, 3.8) is 0 Å². The van der Waals surface area contributed by atoms with E-state index in [4.69, 9.17) is 4.74 Å². The Labute approximate surface area is 106 Å². The van der Waals surface area contributed by atoms with E-state index in [0.29, 0.717) is 5.54 Å². The van der Waals surface area contributed by atoms with Crippen LogP contribution < -0.4 is 5.32 Å². The van der Waals surface area contributed by atoms with Gasteiger partial charge in [0.15, 0.2) is 0 Å².